The average molecular weight is 402 g/mol. The molecule has 0 spiro atoms. The van der Waals surface area contributed by atoms with Crippen LogP contribution in [0.3, 0.4) is 0 Å². The number of rotatable bonds is 4. The third-order valence-corrected chi connectivity index (χ3v) is 5.88. The summed E-state index contributed by atoms with van der Waals surface area (Å²) >= 11 is 0. The molecular weight excluding hydrogens is 379 g/mol. The molecule has 1 fully saturated rings. The molecule has 0 saturated carbocycles. The van der Waals surface area contributed by atoms with Gasteiger partial charge in [-0.2, -0.15) is 4.31 Å². The minimum Gasteiger partial charge on any atom is -0.478 e. The van der Waals surface area contributed by atoms with E-state index in [0.717, 1.165) is 22.5 Å². The number of carboxylic acid groups (broad SMARTS) is 1. The molecule has 10 heteroatoms. The number of hydrogen-bond donors (Lipinski definition) is 2. The normalized spacial score (nSPS) is 16.7. The van der Waals surface area contributed by atoms with Crippen LogP contribution < -0.4 is 5.32 Å². The van der Waals surface area contributed by atoms with Crippen LogP contribution in [0.5, 0.6) is 0 Å². The van der Waals surface area contributed by atoms with E-state index in [9.17, 15) is 22.4 Å². The molecule has 8 nitrogen and oxygen atoms in total. The molecule has 0 aromatic heterocycles. The molecule has 0 aliphatic carbocycles. The van der Waals surface area contributed by atoms with Crippen molar-refractivity contribution in [3.05, 3.63) is 29.6 Å². The molecule has 2 N–H and O–H groups in total. The van der Waals surface area contributed by atoms with Crippen molar-refractivity contribution in [2.45, 2.75) is 50.2 Å². The van der Waals surface area contributed by atoms with Gasteiger partial charge in [-0.25, -0.2) is 22.4 Å². The largest absolute Gasteiger partial charge is 0.478 e. The summed E-state index contributed by atoms with van der Waals surface area (Å²) in [6.07, 6.45) is 0.0845. The minimum atomic E-state index is -4.18. The van der Waals surface area contributed by atoms with Gasteiger partial charge in [0.25, 0.3) is 0 Å². The van der Waals surface area contributed by atoms with Crippen LogP contribution in [0.1, 0.15) is 44.0 Å². The lowest BCUT2D eigenvalue weighted by Crippen LogP contribution is -2.47. The summed E-state index contributed by atoms with van der Waals surface area (Å²) in [7, 11) is -4.18. The summed E-state index contributed by atoms with van der Waals surface area (Å²) in [6, 6.07) is 2.39. The van der Waals surface area contributed by atoms with Gasteiger partial charge < -0.3 is 15.2 Å². The number of piperidine rings is 1. The van der Waals surface area contributed by atoms with Gasteiger partial charge in [0.15, 0.2) is 0 Å². The maximum Gasteiger partial charge on any atom is 0.407 e. The van der Waals surface area contributed by atoms with Gasteiger partial charge in [-0.1, -0.05) is 0 Å². The van der Waals surface area contributed by atoms with Crippen molar-refractivity contribution in [2.24, 2.45) is 0 Å². The zero-order chi connectivity index (χ0) is 20.4. The van der Waals surface area contributed by atoms with E-state index in [1.807, 2.05) is 0 Å². The number of nitrogens with one attached hydrogen (secondary N) is 1. The van der Waals surface area contributed by atoms with Gasteiger partial charge in [0.05, 0.1) is 5.56 Å². The first-order valence-electron chi connectivity index (χ1n) is 8.42. The lowest BCUT2D eigenvalue weighted by molar-refractivity contribution is 0.0489. The Balaban J connectivity index is 2.06. The molecule has 0 unspecified atom stereocenters. The Kier molecular flexibility index (Phi) is 6.10. The molecule has 1 aliphatic heterocycles. The molecule has 1 aromatic carbocycles. The van der Waals surface area contributed by atoms with Crippen LogP contribution in [-0.2, 0) is 14.8 Å². The van der Waals surface area contributed by atoms with Crippen molar-refractivity contribution in [1.82, 2.24) is 9.62 Å². The number of carbonyl (C=O) groups is 2. The summed E-state index contributed by atoms with van der Waals surface area (Å²) in [5.41, 5.74) is -0.947. The number of sulfonamides is 1. The Labute approximate surface area is 157 Å². The minimum absolute atomic E-state index is 0.0690. The number of carbonyl (C=O) groups excluding carboxylic acids is 1. The lowest BCUT2D eigenvalue weighted by atomic mass is 10.1. The van der Waals surface area contributed by atoms with Crippen LogP contribution >= 0.6 is 0 Å². The summed E-state index contributed by atoms with van der Waals surface area (Å²) < 4.78 is 45.6. The number of benzene rings is 1. The Morgan fingerprint density at radius 1 is 1.26 bits per heavy atom. The van der Waals surface area contributed by atoms with Crippen LogP contribution in [0.25, 0.3) is 0 Å². The maximum absolute atomic E-state index is 14.0. The Morgan fingerprint density at radius 2 is 1.85 bits per heavy atom. The number of ether oxygens (including phenoxy) is 1. The molecule has 1 aliphatic rings. The standard InChI is InChI=1S/C17H23FN2O6S/c1-17(2,3)26-16(23)19-12-6-8-20(9-7-12)27(24,25)14-10-11(15(21)22)4-5-13(14)18/h4-5,10,12H,6-9H2,1-3H3,(H,19,23)(H,21,22). The highest BCUT2D eigenvalue weighted by atomic mass is 32.2. The maximum atomic E-state index is 14.0. The average Bonchev–Trinajstić information content (AvgIpc) is 2.53. The summed E-state index contributed by atoms with van der Waals surface area (Å²) in [4.78, 5) is 22.2. The fourth-order valence-corrected chi connectivity index (χ4v) is 4.25. The highest BCUT2D eigenvalue weighted by Crippen LogP contribution is 2.24. The number of alkyl carbamates (subject to hydrolysis) is 1. The van der Waals surface area contributed by atoms with E-state index in [1.54, 1.807) is 20.8 Å². The molecule has 1 heterocycles. The van der Waals surface area contributed by atoms with Crippen LogP contribution in [0.4, 0.5) is 9.18 Å². The smallest absolute Gasteiger partial charge is 0.407 e. The summed E-state index contributed by atoms with van der Waals surface area (Å²) in [5, 5.41) is 11.7. The van der Waals surface area contributed by atoms with Gasteiger partial charge in [-0.3, -0.25) is 0 Å². The second-order valence-corrected chi connectivity index (χ2v) is 9.18. The van der Waals surface area contributed by atoms with Crippen LogP contribution in [-0.4, -0.2) is 54.6 Å². The zero-order valence-electron chi connectivity index (χ0n) is 15.4. The quantitative estimate of drug-likeness (QED) is 0.798. The summed E-state index contributed by atoms with van der Waals surface area (Å²) in [6.45, 7) is 5.35. The van der Waals surface area contributed by atoms with Gasteiger partial charge in [-0.15, -0.1) is 0 Å². The second-order valence-electron chi connectivity index (χ2n) is 7.27. The number of halogens is 1. The van der Waals surface area contributed by atoms with E-state index in [4.69, 9.17) is 9.84 Å². The predicted octanol–water partition coefficient (Wildman–Crippen LogP) is 2.20. The van der Waals surface area contributed by atoms with E-state index < -0.39 is 38.4 Å². The first-order valence-corrected chi connectivity index (χ1v) is 9.86. The van der Waals surface area contributed by atoms with Crippen LogP contribution in [0.2, 0.25) is 0 Å². The van der Waals surface area contributed by atoms with Gasteiger partial charge in [0.1, 0.15) is 16.3 Å². The van der Waals surface area contributed by atoms with Crippen molar-refractivity contribution in [3.63, 3.8) is 0 Å². The van der Waals surface area contributed by atoms with Gasteiger partial charge >= 0.3 is 12.1 Å². The number of amides is 1. The first kappa shape index (κ1) is 21.1. The topological polar surface area (TPSA) is 113 Å². The fourth-order valence-electron chi connectivity index (χ4n) is 2.69. The van der Waals surface area contributed by atoms with Crippen LogP contribution in [0, 0.1) is 5.82 Å². The first-order chi connectivity index (χ1) is 12.4. The highest BCUT2D eigenvalue weighted by molar-refractivity contribution is 7.89. The zero-order valence-corrected chi connectivity index (χ0v) is 16.2. The predicted molar refractivity (Wildman–Crippen MR) is 94.5 cm³/mol. The van der Waals surface area contributed by atoms with E-state index in [2.05, 4.69) is 5.32 Å². The molecule has 1 aromatic rings. The molecule has 0 bridgehead atoms. The van der Waals surface area contributed by atoms with Crippen molar-refractivity contribution in [3.8, 4) is 0 Å². The number of nitrogens with zero attached hydrogens (tertiary/aromatic N) is 1. The monoisotopic (exact) mass is 402 g/mol. The third-order valence-electron chi connectivity index (χ3n) is 3.97. The van der Waals surface area contributed by atoms with E-state index >= 15 is 0 Å². The molecule has 150 valence electrons. The third kappa shape index (κ3) is 5.39. The Hall–Kier alpha value is -2.20. The Morgan fingerprint density at radius 3 is 2.37 bits per heavy atom. The summed E-state index contributed by atoms with van der Waals surface area (Å²) in [5.74, 6) is -2.35. The van der Waals surface area contributed by atoms with Gasteiger partial charge in [0.2, 0.25) is 10.0 Å². The van der Waals surface area contributed by atoms with Crippen molar-refractivity contribution in [1.29, 1.82) is 0 Å². The molecule has 0 radical (unpaired) electrons. The molecule has 2 rings (SSSR count). The Bertz CT molecular complexity index is 826. The molecule has 27 heavy (non-hydrogen) atoms. The van der Waals surface area contributed by atoms with E-state index in [-0.39, 0.29) is 24.7 Å². The van der Waals surface area contributed by atoms with Gasteiger partial charge in [0, 0.05) is 19.1 Å². The van der Waals surface area contributed by atoms with Crippen molar-refractivity contribution >= 4 is 22.1 Å². The SMILES string of the molecule is CC(C)(C)OC(=O)NC1CCN(S(=O)(=O)c2cc(C(=O)O)ccc2F)CC1. The number of carboxylic acids is 1. The number of aromatic carboxylic acids is 1. The van der Waals surface area contributed by atoms with Gasteiger partial charge in [-0.05, 0) is 51.8 Å². The van der Waals surface area contributed by atoms with Crippen LogP contribution in [0.15, 0.2) is 23.1 Å². The fraction of sp³-hybridized carbons (Fsp3) is 0.529. The molecule has 1 amide bonds. The number of hydrogen-bond acceptors (Lipinski definition) is 5. The second kappa shape index (κ2) is 7.81. The highest BCUT2D eigenvalue weighted by Gasteiger charge is 2.33. The molecule has 0 atom stereocenters. The lowest BCUT2D eigenvalue weighted by Gasteiger charge is -2.32. The molecular formula is C17H23FN2O6S. The van der Waals surface area contributed by atoms with Crippen molar-refractivity contribution in [2.75, 3.05) is 13.1 Å². The van der Waals surface area contributed by atoms with E-state index in [1.165, 1.54) is 0 Å². The van der Waals surface area contributed by atoms with E-state index in [0.29, 0.717) is 12.8 Å². The van der Waals surface area contributed by atoms with Crippen molar-refractivity contribution < 1.29 is 32.2 Å². The molecule has 1 saturated heterocycles.